The van der Waals surface area contributed by atoms with E-state index in [9.17, 15) is 24.3 Å². The van der Waals surface area contributed by atoms with E-state index in [4.69, 9.17) is 4.74 Å². The van der Waals surface area contributed by atoms with Gasteiger partial charge in [-0.1, -0.05) is 55.8 Å². The second-order valence-corrected chi connectivity index (χ2v) is 13.6. The number of benzene rings is 2. The van der Waals surface area contributed by atoms with E-state index in [2.05, 4.69) is 37.6 Å². The molecule has 47 heavy (non-hydrogen) atoms. The number of phenols is 1. The van der Waals surface area contributed by atoms with E-state index < -0.39 is 42.0 Å². The number of aromatic amines is 1. The highest BCUT2D eigenvalue weighted by Crippen LogP contribution is 2.29. The van der Waals surface area contributed by atoms with Gasteiger partial charge in [-0.25, -0.2) is 0 Å². The van der Waals surface area contributed by atoms with Gasteiger partial charge in [0.15, 0.2) is 0 Å². The third-order valence-corrected chi connectivity index (χ3v) is 9.35. The van der Waals surface area contributed by atoms with Crippen LogP contribution in [-0.2, 0) is 30.3 Å². The first kappa shape index (κ1) is 35.7. The summed E-state index contributed by atoms with van der Waals surface area (Å²) in [4.78, 5) is 59.2. The number of halogens is 1. The molecule has 0 aliphatic carbocycles. The van der Waals surface area contributed by atoms with Gasteiger partial charge in [-0.2, -0.15) is 0 Å². The third kappa shape index (κ3) is 9.24. The van der Waals surface area contributed by atoms with Crippen molar-refractivity contribution < 1.29 is 29.0 Å². The summed E-state index contributed by atoms with van der Waals surface area (Å²) in [7, 11) is 1.55. The van der Waals surface area contributed by atoms with Gasteiger partial charge in [0, 0.05) is 30.3 Å². The maximum absolute atomic E-state index is 14.3. The quantitative estimate of drug-likeness (QED) is 0.203. The number of nitrogens with one attached hydrogen (secondary N) is 3. The van der Waals surface area contributed by atoms with Gasteiger partial charge < -0.3 is 30.4 Å². The molecule has 0 saturated carbocycles. The summed E-state index contributed by atoms with van der Waals surface area (Å²) in [5.74, 6) is -1.93. The Morgan fingerprint density at radius 2 is 1.62 bits per heavy atom. The van der Waals surface area contributed by atoms with E-state index in [0.717, 1.165) is 22.0 Å². The average Bonchev–Trinajstić information content (AvgIpc) is 3.32. The monoisotopic (exact) mass is 708 g/mol. The van der Waals surface area contributed by atoms with Crippen LogP contribution in [0.5, 0.6) is 5.75 Å². The van der Waals surface area contributed by atoms with Gasteiger partial charge >= 0.3 is 5.97 Å². The zero-order valence-corrected chi connectivity index (χ0v) is 29.4. The number of nitrogens with zero attached hydrogens (tertiary/aromatic N) is 1. The number of hydrogen-bond donors (Lipinski definition) is 4. The number of fused-ring (bicyclic) bond motifs is 1. The summed E-state index contributed by atoms with van der Waals surface area (Å²) in [5.41, 5.74) is 3.29. The number of aromatic hydroxyl groups is 1. The molecule has 11 heteroatoms. The summed E-state index contributed by atoms with van der Waals surface area (Å²) in [6.07, 6.45) is 2.76. The highest BCUT2D eigenvalue weighted by atomic mass is 79.9. The smallest absolute Gasteiger partial charge is 0.308 e. The van der Waals surface area contributed by atoms with Crippen LogP contribution >= 0.6 is 15.9 Å². The van der Waals surface area contributed by atoms with Gasteiger partial charge in [0.1, 0.15) is 17.8 Å². The van der Waals surface area contributed by atoms with Crippen LogP contribution in [0.1, 0.15) is 71.0 Å². The Kier molecular flexibility index (Phi) is 11.9. The molecule has 2 aromatic carbocycles. The molecular weight excluding hydrogens is 664 g/mol. The van der Waals surface area contributed by atoms with Gasteiger partial charge in [-0.15, -0.1) is 0 Å². The van der Waals surface area contributed by atoms with Crippen molar-refractivity contribution >= 4 is 50.5 Å². The van der Waals surface area contributed by atoms with Crippen LogP contribution in [0.15, 0.2) is 64.8 Å². The summed E-state index contributed by atoms with van der Waals surface area (Å²) in [6, 6.07) is 11.2. The average molecular weight is 710 g/mol. The zero-order chi connectivity index (χ0) is 34.4. The molecule has 1 aliphatic rings. The molecule has 0 fully saturated rings. The molecular formula is C36H45BrN4O6. The van der Waals surface area contributed by atoms with Crippen molar-refractivity contribution in [2.24, 2.45) is 11.8 Å². The van der Waals surface area contributed by atoms with Crippen LogP contribution in [0, 0.1) is 11.8 Å². The molecule has 3 aromatic rings. The van der Waals surface area contributed by atoms with Gasteiger partial charge in [0.2, 0.25) is 17.7 Å². The molecule has 0 unspecified atom stereocenters. The molecule has 4 N–H and O–H groups in total. The van der Waals surface area contributed by atoms with E-state index >= 15 is 0 Å². The number of amides is 3. The Bertz CT molecular complexity index is 1630. The molecule has 0 saturated heterocycles. The number of H-pyrrole nitrogens is 1. The Hall–Kier alpha value is -4.12. The van der Waals surface area contributed by atoms with Crippen molar-refractivity contribution in [3.63, 3.8) is 0 Å². The molecule has 252 valence electrons. The lowest BCUT2D eigenvalue weighted by Gasteiger charge is -2.31. The number of cyclic esters (lactones) is 1. The molecule has 0 radical (unpaired) electrons. The molecule has 2 heterocycles. The van der Waals surface area contributed by atoms with Crippen molar-refractivity contribution in [3.8, 4) is 5.75 Å². The summed E-state index contributed by atoms with van der Waals surface area (Å²) >= 11 is 3.60. The summed E-state index contributed by atoms with van der Waals surface area (Å²) < 4.78 is 6.47. The van der Waals surface area contributed by atoms with Gasteiger partial charge in [-0.3, -0.25) is 19.2 Å². The fourth-order valence-electron chi connectivity index (χ4n) is 6.28. The second kappa shape index (κ2) is 15.6. The van der Waals surface area contributed by atoms with Gasteiger partial charge in [-0.05, 0) is 84.8 Å². The highest BCUT2D eigenvalue weighted by Gasteiger charge is 2.34. The minimum atomic E-state index is -1.02. The lowest BCUT2D eigenvalue weighted by Crippen LogP contribution is -2.55. The van der Waals surface area contributed by atoms with Crippen molar-refractivity contribution in [2.75, 3.05) is 7.05 Å². The fraction of sp³-hybridized carbons (Fsp3) is 0.444. The van der Waals surface area contributed by atoms with Crippen molar-refractivity contribution in [1.29, 1.82) is 0 Å². The topological polar surface area (TPSA) is 141 Å². The molecule has 3 amide bonds. The van der Waals surface area contributed by atoms with Crippen molar-refractivity contribution in [2.45, 2.75) is 84.5 Å². The largest absolute Gasteiger partial charge is 0.508 e. The van der Waals surface area contributed by atoms with E-state index in [1.165, 1.54) is 17.0 Å². The number of para-hydroxylation sites is 1. The van der Waals surface area contributed by atoms with Crippen LogP contribution in [0.2, 0.25) is 0 Å². The SMILES string of the molecule is C/C1=C/[C@@H](C)C[C@H](C)OC(=O)C[C@H](c2ccc(O)cc2)NC(=O)[C@H](Cc2c(Br)[nH]c3ccccc23)N(C)C(=O)[C@H](C)NC(=O)[C@H](C)C1. The van der Waals surface area contributed by atoms with Crippen LogP contribution in [0.4, 0.5) is 0 Å². The number of likely N-dealkylation sites (N-methyl/N-ethyl adjacent to an activating group) is 1. The predicted molar refractivity (Wildman–Crippen MR) is 184 cm³/mol. The minimum Gasteiger partial charge on any atom is -0.508 e. The molecule has 6 atom stereocenters. The number of rotatable bonds is 3. The van der Waals surface area contributed by atoms with Crippen LogP contribution in [0.25, 0.3) is 10.9 Å². The number of ether oxygens (including phenoxy) is 1. The molecule has 1 aromatic heterocycles. The van der Waals surface area contributed by atoms with E-state index in [-0.39, 0.29) is 36.3 Å². The lowest BCUT2D eigenvalue weighted by atomic mass is 9.95. The van der Waals surface area contributed by atoms with Gasteiger partial charge in [0.25, 0.3) is 0 Å². The summed E-state index contributed by atoms with van der Waals surface area (Å²) in [6.45, 7) is 9.27. The van der Waals surface area contributed by atoms with Gasteiger partial charge in [0.05, 0.1) is 23.2 Å². The number of esters is 1. The number of aromatic nitrogens is 1. The number of carbonyl (C=O) groups is 4. The normalized spacial score (nSPS) is 27.1. The molecule has 0 spiro atoms. The van der Waals surface area contributed by atoms with Crippen LogP contribution in [-0.4, -0.2) is 63.9 Å². The molecule has 10 nitrogen and oxygen atoms in total. The fourth-order valence-corrected chi connectivity index (χ4v) is 6.87. The number of phenolic OH excluding ortho intramolecular Hbond substituents is 1. The van der Waals surface area contributed by atoms with Crippen molar-refractivity contribution in [3.05, 3.63) is 75.9 Å². The third-order valence-electron chi connectivity index (χ3n) is 8.67. The van der Waals surface area contributed by atoms with E-state index in [1.807, 2.05) is 52.0 Å². The maximum atomic E-state index is 14.3. The number of carbonyl (C=O) groups excluding carboxylic acids is 4. The first-order valence-corrected chi connectivity index (χ1v) is 16.8. The molecule has 0 bridgehead atoms. The van der Waals surface area contributed by atoms with Crippen LogP contribution in [0.3, 0.4) is 0 Å². The standard InChI is InChI=1S/C36H45BrN4O6/c1-20-15-21(2)17-23(4)47-32(43)19-30(25-11-13-26(42)14-12-25)40-35(45)31(18-28-27-9-7-8-10-29(27)39-33(28)37)41(6)36(46)24(5)38-34(44)22(3)16-20/h7-15,21-24,30-31,39,42H,16-19H2,1-6H3,(H,38,44)(H,40,45)/b20-15-/t21-,22-,23+,24+,30-,31+/m1/s1. The Morgan fingerprint density at radius 1 is 0.936 bits per heavy atom. The Labute approximate surface area is 284 Å². The van der Waals surface area contributed by atoms with E-state index in [0.29, 0.717) is 23.0 Å². The van der Waals surface area contributed by atoms with Crippen molar-refractivity contribution in [1.82, 2.24) is 20.5 Å². The number of allylic oxidation sites excluding steroid dienone is 2. The predicted octanol–water partition coefficient (Wildman–Crippen LogP) is 5.70. The highest BCUT2D eigenvalue weighted by molar-refractivity contribution is 9.10. The molecule has 4 rings (SSSR count). The first-order chi connectivity index (χ1) is 22.2. The van der Waals surface area contributed by atoms with E-state index in [1.54, 1.807) is 26.1 Å². The lowest BCUT2D eigenvalue weighted by molar-refractivity contribution is -0.149. The minimum absolute atomic E-state index is 0.0439. The maximum Gasteiger partial charge on any atom is 0.308 e. The van der Waals surface area contributed by atoms with Crippen LogP contribution < -0.4 is 10.6 Å². The number of hydrogen-bond acceptors (Lipinski definition) is 6. The Balaban J connectivity index is 1.74. The Morgan fingerprint density at radius 3 is 2.32 bits per heavy atom. The molecule has 1 aliphatic heterocycles. The zero-order valence-electron chi connectivity index (χ0n) is 27.8. The summed E-state index contributed by atoms with van der Waals surface area (Å²) in [5, 5.41) is 16.7. The second-order valence-electron chi connectivity index (χ2n) is 12.9. The first-order valence-electron chi connectivity index (χ1n) is 16.0.